The number of hydrogen-bond acceptors (Lipinski definition) is 3. The molecule has 0 bridgehead atoms. The molecule has 0 unspecified atom stereocenters. The summed E-state index contributed by atoms with van der Waals surface area (Å²) in [4.78, 5) is 16.4. The van der Waals surface area contributed by atoms with Crippen LogP contribution in [0, 0.1) is 6.92 Å². The van der Waals surface area contributed by atoms with Gasteiger partial charge >= 0.3 is 0 Å². The zero-order valence-corrected chi connectivity index (χ0v) is 12.7. The van der Waals surface area contributed by atoms with Gasteiger partial charge in [-0.05, 0) is 43.3 Å². The van der Waals surface area contributed by atoms with Gasteiger partial charge in [-0.15, -0.1) is 0 Å². The number of carbonyl (C=O) groups is 1. The van der Waals surface area contributed by atoms with E-state index < -0.39 is 0 Å². The van der Waals surface area contributed by atoms with Gasteiger partial charge in [0.2, 0.25) is 5.88 Å². The van der Waals surface area contributed by atoms with Crippen molar-refractivity contribution in [1.29, 1.82) is 0 Å². The Hall–Kier alpha value is -3.14. The number of pyridine rings is 1. The van der Waals surface area contributed by atoms with Crippen molar-refractivity contribution in [2.75, 3.05) is 5.32 Å². The number of anilines is 1. The monoisotopic (exact) mass is 304 g/mol. The third kappa shape index (κ3) is 3.95. The topological polar surface area (TPSA) is 51.2 Å². The lowest BCUT2D eigenvalue weighted by Gasteiger charge is -2.08. The molecule has 1 amide bonds. The zero-order valence-electron chi connectivity index (χ0n) is 12.7. The number of carbonyl (C=O) groups excluding carboxylic acids is 1. The number of ether oxygens (including phenoxy) is 1. The average molecular weight is 304 g/mol. The first-order valence-corrected chi connectivity index (χ1v) is 7.28. The van der Waals surface area contributed by atoms with Crippen LogP contribution in [-0.4, -0.2) is 10.9 Å². The summed E-state index contributed by atoms with van der Waals surface area (Å²) in [7, 11) is 0. The Balaban J connectivity index is 1.73. The maximum atomic E-state index is 12.3. The van der Waals surface area contributed by atoms with Crippen LogP contribution < -0.4 is 10.1 Å². The third-order valence-corrected chi connectivity index (χ3v) is 3.27. The standard InChI is InChI=1S/C19H16N2O2/c1-14-8-10-16(11-9-14)21-19(22)15-5-4-6-17(13-15)23-18-7-2-3-12-20-18/h2-13H,1H3,(H,21,22). The van der Waals surface area contributed by atoms with E-state index in [1.54, 1.807) is 36.5 Å². The molecule has 2 aromatic carbocycles. The molecule has 0 aliphatic heterocycles. The maximum absolute atomic E-state index is 12.3. The maximum Gasteiger partial charge on any atom is 0.255 e. The van der Waals surface area contributed by atoms with Crippen LogP contribution in [0.1, 0.15) is 15.9 Å². The molecule has 114 valence electrons. The number of benzene rings is 2. The largest absolute Gasteiger partial charge is 0.439 e. The minimum absolute atomic E-state index is 0.180. The highest BCUT2D eigenvalue weighted by Gasteiger charge is 2.08. The summed E-state index contributed by atoms with van der Waals surface area (Å²) < 4.78 is 5.64. The van der Waals surface area contributed by atoms with Crippen LogP contribution in [0.4, 0.5) is 5.69 Å². The first-order chi connectivity index (χ1) is 11.2. The summed E-state index contributed by atoms with van der Waals surface area (Å²) in [5.74, 6) is 0.879. The summed E-state index contributed by atoms with van der Waals surface area (Å²) in [6.45, 7) is 2.00. The fraction of sp³-hybridized carbons (Fsp3) is 0.0526. The molecule has 3 aromatic rings. The summed E-state index contributed by atoms with van der Waals surface area (Å²) >= 11 is 0. The summed E-state index contributed by atoms with van der Waals surface area (Å²) in [6.07, 6.45) is 1.66. The minimum Gasteiger partial charge on any atom is -0.439 e. The van der Waals surface area contributed by atoms with Gasteiger partial charge in [-0.25, -0.2) is 4.98 Å². The fourth-order valence-corrected chi connectivity index (χ4v) is 2.07. The molecule has 23 heavy (non-hydrogen) atoms. The van der Waals surface area contributed by atoms with E-state index in [0.29, 0.717) is 17.2 Å². The Morgan fingerprint density at radius 2 is 1.83 bits per heavy atom. The number of amides is 1. The Kier molecular flexibility index (Phi) is 4.34. The van der Waals surface area contributed by atoms with Crippen molar-refractivity contribution in [2.45, 2.75) is 6.92 Å². The van der Waals surface area contributed by atoms with E-state index in [1.165, 1.54) is 0 Å². The molecule has 1 N–H and O–H groups in total. The number of aromatic nitrogens is 1. The Morgan fingerprint density at radius 3 is 2.57 bits per heavy atom. The molecule has 0 saturated carbocycles. The average Bonchev–Trinajstić information content (AvgIpc) is 2.58. The Labute approximate surface area is 134 Å². The molecule has 0 atom stereocenters. The highest BCUT2D eigenvalue weighted by atomic mass is 16.5. The van der Waals surface area contributed by atoms with Crippen molar-refractivity contribution in [2.24, 2.45) is 0 Å². The number of nitrogens with zero attached hydrogens (tertiary/aromatic N) is 1. The molecule has 0 aliphatic rings. The van der Waals surface area contributed by atoms with Gasteiger partial charge in [-0.1, -0.05) is 29.8 Å². The second-order valence-electron chi connectivity index (χ2n) is 5.12. The van der Waals surface area contributed by atoms with Crippen LogP contribution in [0.25, 0.3) is 0 Å². The van der Waals surface area contributed by atoms with Gasteiger partial charge in [0, 0.05) is 23.5 Å². The summed E-state index contributed by atoms with van der Waals surface area (Å²) in [5.41, 5.74) is 2.43. The van der Waals surface area contributed by atoms with Crippen LogP contribution in [0.15, 0.2) is 72.9 Å². The third-order valence-electron chi connectivity index (χ3n) is 3.27. The quantitative estimate of drug-likeness (QED) is 0.775. The summed E-state index contributed by atoms with van der Waals surface area (Å²) in [6, 6.07) is 20.1. The molecule has 0 spiro atoms. The van der Waals surface area contributed by atoms with Crippen molar-refractivity contribution in [3.05, 3.63) is 84.1 Å². The van der Waals surface area contributed by atoms with Gasteiger partial charge < -0.3 is 10.1 Å². The van der Waals surface area contributed by atoms with E-state index in [9.17, 15) is 4.79 Å². The number of nitrogens with one attached hydrogen (secondary N) is 1. The van der Waals surface area contributed by atoms with E-state index >= 15 is 0 Å². The van der Waals surface area contributed by atoms with E-state index in [2.05, 4.69) is 10.3 Å². The molecule has 4 nitrogen and oxygen atoms in total. The van der Waals surface area contributed by atoms with Crippen molar-refractivity contribution in [1.82, 2.24) is 4.98 Å². The molecule has 0 fully saturated rings. The van der Waals surface area contributed by atoms with E-state index in [4.69, 9.17) is 4.74 Å². The van der Waals surface area contributed by atoms with Crippen LogP contribution in [0.5, 0.6) is 11.6 Å². The Bertz CT molecular complexity index is 799. The van der Waals surface area contributed by atoms with Gasteiger partial charge in [-0.2, -0.15) is 0 Å². The van der Waals surface area contributed by atoms with Crippen molar-refractivity contribution < 1.29 is 9.53 Å². The molecule has 3 rings (SSSR count). The molecule has 4 heteroatoms. The molecule has 0 radical (unpaired) electrons. The lowest BCUT2D eigenvalue weighted by atomic mass is 10.2. The van der Waals surface area contributed by atoms with Crippen molar-refractivity contribution in [3.8, 4) is 11.6 Å². The zero-order chi connectivity index (χ0) is 16.1. The molecular weight excluding hydrogens is 288 g/mol. The first-order valence-electron chi connectivity index (χ1n) is 7.28. The van der Waals surface area contributed by atoms with Crippen LogP contribution in [0.2, 0.25) is 0 Å². The highest BCUT2D eigenvalue weighted by Crippen LogP contribution is 2.20. The van der Waals surface area contributed by atoms with Gasteiger partial charge in [0.05, 0.1) is 0 Å². The van der Waals surface area contributed by atoms with Gasteiger partial charge in [-0.3, -0.25) is 4.79 Å². The predicted molar refractivity (Wildman–Crippen MR) is 89.9 cm³/mol. The van der Waals surface area contributed by atoms with Crippen LogP contribution >= 0.6 is 0 Å². The minimum atomic E-state index is -0.180. The lowest BCUT2D eigenvalue weighted by molar-refractivity contribution is 0.102. The molecular formula is C19H16N2O2. The van der Waals surface area contributed by atoms with Crippen molar-refractivity contribution in [3.63, 3.8) is 0 Å². The highest BCUT2D eigenvalue weighted by molar-refractivity contribution is 6.04. The van der Waals surface area contributed by atoms with E-state index in [-0.39, 0.29) is 5.91 Å². The number of aryl methyl sites for hydroxylation is 1. The Morgan fingerprint density at radius 1 is 1.00 bits per heavy atom. The fourth-order valence-electron chi connectivity index (χ4n) is 2.07. The predicted octanol–water partition coefficient (Wildman–Crippen LogP) is 4.43. The second kappa shape index (κ2) is 6.75. The molecule has 1 aromatic heterocycles. The van der Waals surface area contributed by atoms with E-state index in [0.717, 1.165) is 11.3 Å². The smallest absolute Gasteiger partial charge is 0.255 e. The molecule has 0 saturated heterocycles. The lowest BCUT2D eigenvalue weighted by Crippen LogP contribution is -2.11. The van der Waals surface area contributed by atoms with Gasteiger partial charge in [0.25, 0.3) is 5.91 Å². The molecule has 0 aliphatic carbocycles. The van der Waals surface area contributed by atoms with Crippen molar-refractivity contribution >= 4 is 11.6 Å². The van der Waals surface area contributed by atoms with Gasteiger partial charge in [0.1, 0.15) is 5.75 Å². The van der Waals surface area contributed by atoms with E-state index in [1.807, 2.05) is 43.3 Å². The van der Waals surface area contributed by atoms with Crippen LogP contribution in [-0.2, 0) is 0 Å². The summed E-state index contributed by atoms with van der Waals surface area (Å²) in [5, 5.41) is 2.87. The SMILES string of the molecule is Cc1ccc(NC(=O)c2cccc(Oc3ccccn3)c2)cc1. The first kappa shape index (κ1) is 14.8. The number of rotatable bonds is 4. The van der Waals surface area contributed by atoms with Crippen LogP contribution in [0.3, 0.4) is 0 Å². The van der Waals surface area contributed by atoms with Gasteiger partial charge in [0.15, 0.2) is 0 Å². The normalized spacial score (nSPS) is 10.1. The second-order valence-corrected chi connectivity index (χ2v) is 5.12. The number of hydrogen-bond donors (Lipinski definition) is 1. The molecule has 1 heterocycles.